The molecule has 0 aliphatic rings. The molecule has 3 aromatic carbocycles. The van der Waals surface area contributed by atoms with Crippen molar-refractivity contribution in [2.75, 3.05) is 5.32 Å². The lowest BCUT2D eigenvalue weighted by molar-refractivity contribution is 0.0695. The molecule has 6 nitrogen and oxygen atoms in total. The maximum Gasteiger partial charge on any atom is 0.417 e. The number of aromatic carboxylic acids is 1. The molecule has 0 aromatic heterocycles. The van der Waals surface area contributed by atoms with Gasteiger partial charge in [0.25, 0.3) is 0 Å². The molecule has 0 aliphatic carbocycles. The number of anilines is 1. The summed E-state index contributed by atoms with van der Waals surface area (Å²) in [6, 6.07) is 20.7. The fraction of sp³-hybridized carbons (Fsp3) is 0. The summed E-state index contributed by atoms with van der Waals surface area (Å²) in [4.78, 5) is 23.2. The minimum Gasteiger partial charge on any atom is -0.507 e. The highest BCUT2D eigenvalue weighted by Gasteiger charge is 2.17. The minimum atomic E-state index is -1.36. The molecule has 26 heavy (non-hydrogen) atoms. The summed E-state index contributed by atoms with van der Waals surface area (Å²) in [5, 5.41) is 21.1. The number of ether oxygens (including phenoxy) is 1. The molecule has 0 aliphatic heterocycles. The molecule has 130 valence electrons. The predicted octanol–water partition coefficient (Wildman–Crippen LogP) is 4.37. The van der Waals surface area contributed by atoms with Crippen LogP contribution >= 0.6 is 0 Å². The molecule has 0 bridgehead atoms. The summed E-state index contributed by atoms with van der Waals surface area (Å²) in [5.41, 5.74) is 1.56. The maximum atomic E-state index is 12.0. The lowest BCUT2D eigenvalue weighted by Gasteiger charge is -2.10. The van der Waals surface area contributed by atoms with Crippen LogP contribution in [-0.4, -0.2) is 22.3 Å². The normalized spacial score (nSPS) is 10.2. The first-order chi connectivity index (χ1) is 12.5. The Morgan fingerprint density at radius 2 is 1.46 bits per heavy atom. The molecular weight excluding hydrogens is 334 g/mol. The summed E-state index contributed by atoms with van der Waals surface area (Å²) < 4.78 is 5.16. The number of carboxylic acids is 1. The number of amides is 1. The van der Waals surface area contributed by atoms with Crippen molar-refractivity contribution >= 4 is 17.7 Å². The first-order valence-corrected chi connectivity index (χ1v) is 7.74. The Balaban J connectivity index is 1.71. The quantitative estimate of drug-likeness (QED) is 0.650. The topological polar surface area (TPSA) is 95.9 Å². The molecule has 3 aromatic rings. The Bertz CT molecular complexity index is 936. The van der Waals surface area contributed by atoms with Gasteiger partial charge in [-0.1, -0.05) is 48.5 Å². The SMILES string of the molecule is O=C(Nc1cccc(O)c1C(=O)O)Oc1ccc(-c2ccccc2)cc1. The minimum absolute atomic E-state index is 0.0524. The Morgan fingerprint density at radius 3 is 2.12 bits per heavy atom. The van der Waals surface area contributed by atoms with Crippen LogP contribution in [0.2, 0.25) is 0 Å². The second kappa shape index (κ2) is 7.40. The van der Waals surface area contributed by atoms with Crippen LogP contribution in [0.1, 0.15) is 10.4 Å². The van der Waals surface area contributed by atoms with Crippen LogP contribution in [0.5, 0.6) is 11.5 Å². The van der Waals surface area contributed by atoms with Gasteiger partial charge in [0.1, 0.15) is 17.1 Å². The first-order valence-electron chi connectivity index (χ1n) is 7.74. The number of aromatic hydroxyl groups is 1. The third-order valence-corrected chi connectivity index (χ3v) is 3.67. The zero-order valence-electron chi connectivity index (χ0n) is 13.5. The zero-order chi connectivity index (χ0) is 18.5. The van der Waals surface area contributed by atoms with Gasteiger partial charge < -0.3 is 14.9 Å². The van der Waals surface area contributed by atoms with Crippen molar-refractivity contribution in [3.63, 3.8) is 0 Å². The third-order valence-electron chi connectivity index (χ3n) is 3.67. The fourth-order valence-corrected chi connectivity index (χ4v) is 2.46. The van der Waals surface area contributed by atoms with Crippen LogP contribution in [0, 0.1) is 0 Å². The van der Waals surface area contributed by atoms with Gasteiger partial charge in [-0.3, -0.25) is 5.32 Å². The predicted molar refractivity (Wildman–Crippen MR) is 96.6 cm³/mol. The van der Waals surface area contributed by atoms with Gasteiger partial charge in [-0.05, 0) is 35.4 Å². The summed E-state index contributed by atoms with van der Waals surface area (Å²) >= 11 is 0. The number of hydrogen-bond acceptors (Lipinski definition) is 4. The fourth-order valence-electron chi connectivity index (χ4n) is 2.46. The van der Waals surface area contributed by atoms with Crippen LogP contribution in [0.25, 0.3) is 11.1 Å². The number of hydrogen-bond donors (Lipinski definition) is 3. The summed E-state index contributed by atoms with van der Waals surface area (Å²) in [6.07, 6.45) is -0.856. The van der Waals surface area contributed by atoms with Gasteiger partial charge in [-0.25, -0.2) is 9.59 Å². The molecule has 0 spiro atoms. The summed E-state index contributed by atoms with van der Waals surface area (Å²) in [6.45, 7) is 0. The molecule has 6 heteroatoms. The maximum absolute atomic E-state index is 12.0. The van der Waals surface area contributed by atoms with Crippen molar-refractivity contribution in [3.05, 3.63) is 78.4 Å². The van der Waals surface area contributed by atoms with E-state index in [1.807, 2.05) is 42.5 Å². The van der Waals surface area contributed by atoms with E-state index in [1.165, 1.54) is 18.2 Å². The third kappa shape index (κ3) is 3.81. The summed E-state index contributed by atoms with van der Waals surface area (Å²) in [7, 11) is 0. The number of carbonyl (C=O) groups excluding carboxylic acids is 1. The lowest BCUT2D eigenvalue weighted by Crippen LogP contribution is -2.18. The van der Waals surface area contributed by atoms with Gasteiger partial charge in [0.05, 0.1) is 5.69 Å². The Kier molecular flexibility index (Phi) is 4.85. The smallest absolute Gasteiger partial charge is 0.417 e. The van der Waals surface area contributed by atoms with Crippen LogP contribution in [0.3, 0.4) is 0 Å². The average Bonchev–Trinajstić information content (AvgIpc) is 2.63. The molecule has 0 heterocycles. The number of carbonyl (C=O) groups is 2. The highest BCUT2D eigenvalue weighted by atomic mass is 16.6. The van der Waals surface area contributed by atoms with Gasteiger partial charge in [-0.15, -0.1) is 0 Å². The van der Waals surface area contributed by atoms with Crippen molar-refractivity contribution in [2.45, 2.75) is 0 Å². The molecule has 3 rings (SSSR count). The Morgan fingerprint density at radius 1 is 0.808 bits per heavy atom. The second-order valence-electron chi connectivity index (χ2n) is 5.41. The van der Waals surface area contributed by atoms with E-state index in [2.05, 4.69) is 5.32 Å². The van der Waals surface area contributed by atoms with Crippen LogP contribution in [-0.2, 0) is 0 Å². The molecule has 1 amide bonds. The first kappa shape index (κ1) is 17.0. The molecule has 3 N–H and O–H groups in total. The largest absolute Gasteiger partial charge is 0.507 e. The van der Waals surface area contributed by atoms with E-state index in [9.17, 15) is 14.7 Å². The molecule has 0 saturated carbocycles. The standard InChI is InChI=1S/C20H15NO5/c22-17-8-4-7-16(18(17)19(23)24)21-20(25)26-15-11-9-14(10-12-15)13-5-2-1-3-6-13/h1-12,22H,(H,21,25)(H,23,24). The second-order valence-corrected chi connectivity index (χ2v) is 5.41. The number of benzene rings is 3. The lowest BCUT2D eigenvalue weighted by atomic mass is 10.1. The van der Waals surface area contributed by atoms with E-state index < -0.39 is 23.4 Å². The van der Waals surface area contributed by atoms with Crippen molar-refractivity contribution in [1.82, 2.24) is 0 Å². The van der Waals surface area contributed by atoms with Crippen molar-refractivity contribution in [2.24, 2.45) is 0 Å². The monoisotopic (exact) mass is 349 g/mol. The van der Waals surface area contributed by atoms with E-state index in [1.54, 1.807) is 12.1 Å². The molecule has 0 atom stereocenters. The van der Waals surface area contributed by atoms with E-state index in [4.69, 9.17) is 9.84 Å². The molecule has 0 saturated heterocycles. The number of phenols is 1. The summed E-state index contributed by atoms with van der Waals surface area (Å²) in [5.74, 6) is -1.49. The number of nitrogens with one attached hydrogen (secondary N) is 1. The van der Waals surface area contributed by atoms with E-state index in [0.29, 0.717) is 5.75 Å². The molecule has 0 radical (unpaired) electrons. The Labute approximate surface area is 149 Å². The van der Waals surface area contributed by atoms with Crippen LogP contribution in [0.4, 0.5) is 10.5 Å². The van der Waals surface area contributed by atoms with Crippen LogP contribution < -0.4 is 10.1 Å². The average molecular weight is 349 g/mol. The zero-order valence-corrected chi connectivity index (χ0v) is 13.5. The number of rotatable bonds is 4. The molecule has 0 unspecified atom stereocenters. The van der Waals surface area contributed by atoms with E-state index in [-0.39, 0.29) is 5.69 Å². The van der Waals surface area contributed by atoms with Gasteiger partial charge in [0.15, 0.2) is 0 Å². The number of carboxylic acid groups (broad SMARTS) is 1. The van der Waals surface area contributed by atoms with E-state index >= 15 is 0 Å². The highest BCUT2D eigenvalue weighted by molar-refractivity contribution is 6.01. The highest BCUT2D eigenvalue weighted by Crippen LogP contribution is 2.26. The Hall–Kier alpha value is -3.80. The van der Waals surface area contributed by atoms with Crippen molar-refractivity contribution in [3.8, 4) is 22.6 Å². The molecular formula is C20H15NO5. The van der Waals surface area contributed by atoms with Crippen molar-refractivity contribution in [1.29, 1.82) is 0 Å². The van der Waals surface area contributed by atoms with Gasteiger partial charge in [0, 0.05) is 0 Å². The van der Waals surface area contributed by atoms with Crippen LogP contribution in [0.15, 0.2) is 72.8 Å². The van der Waals surface area contributed by atoms with Gasteiger partial charge in [-0.2, -0.15) is 0 Å². The van der Waals surface area contributed by atoms with Gasteiger partial charge >= 0.3 is 12.1 Å². The molecule has 0 fully saturated rings. The van der Waals surface area contributed by atoms with Gasteiger partial charge in [0.2, 0.25) is 0 Å². The van der Waals surface area contributed by atoms with Crippen molar-refractivity contribution < 1.29 is 24.5 Å². The van der Waals surface area contributed by atoms with E-state index in [0.717, 1.165) is 11.1 Å².